The van der Waals surface area contributed by atoms with Crippen LogP contribution in [0.2, 0.25) is 0 Å². The highest BCUT2D eigenvalue weighted by Gasteiger charge is 2.22. The second-order valence-corrected chi connectivity index (χ2v) is 8.12. The van der Waals surface area contributed by atoms with Crippen molar-refractivity contribution in [3.05, 3.63) is 46.2 Å². The monoisotopic (exact) mass is 403 g/mol. The van der Waals surface area contributed by atoms with E-state index >= 15 is 0 Å². The molecule has 28 heavy (non-hydrogen) atoms. The first-order valence-electron chi connectivity index (χ1n) is 9.51. The molecular formula is C21H29N3O3S. The van der Waals surface area contributed by atoms with E-state index in [9.17, 15) is 4.79 Å². The molecule has 0 spiro atoms. The first kappa shape index (κ1) is 20.6. The Labute approximate surface area is 171 Å². The number of methoxy groups -OCH3 is 2. The smallest absolute Gasteiger partial charge is 0.236 e. The molecule has 1 aromatic heterocycles. The van der Waals surface area contributed by atoms with Crippen LogP contribution in [-0.2, 0) is 17.9 Å². The van der Waals surface area contributed by atoms with Gasteiger partial charge in [0.15, 0.2) is 0 Å². The third kappa shape index (κ3) is 5.47. The number of benzene rings is 1. The number of amides is 1. The average Bonchev–Trinajstić information content (AvgIpc) is 3.21. The summed E-state index contributed by atoms with van der Waals surface area (Å²) in [7, 11) is 5.26. The fraction of sp³-hybridized carbons (Fsp3) is 0.476. The van der Waals surface area contributed by atoms with Crippen molar-refractivity contribution in [2.75, 3.05) is 54.0 Å². The number of thiophene rings is 1. The second kappa shape index (κ2) is 9.91. The lowest BCUT2D eigenvalue weighted by atomic mass is 10.1. The number of nitrogens with zero attached hydrogens (tertiary/aromatic N) is 3. The Morgan fingerprint density at radius 1 is 1.14 bits per heavy atom. The molecule has 1 aromatic carbocycles. The molecule has 0 saturated carbocycles. The first-order chi connectivity index (χ1) is 13.6. The van der Waals surface area contributed by atoms with Gasteiger partial charge in [-0.2, -0.15) is 0 Å². The molecule has 0 N–H and O–H groups in total. The van der Waals surface area contributed by atoms with E-state index < -0.39 is 0 Å². The summed E-state index contributed by atoms with van der Waals surface area (Å²) in [5.41, 5.74) is 1.04. The molecule has 0 aliphatic carbocycles. The van der Waals surface area contributed by atoms with E-state index in [1.807, 2.05) is 35.0 Å². The van der Waals surface area contributed by atoms with Crippen molar-refractivity contribution >= 4 is 17.2 Å². The van der Waals surface area contributed by atoms with Crippen molar-refractivity contribution in [3.8, 4) is 11.5 Å². The molecule has 1 amide bonds. The van der Waals surface area contributed by atoms with Crippen molar-refractivity contribution in [2.24, 2.45) is 0 Å². The van der Waals surface area contributed by atoms with Crippen molar-refractivity contribution < 1.29 is 14.3 Å². The summed E-state index contributed by atoms with van der Waals surface area (Å²) in [5.74, 6) is 1.73. The van der Waals surface area contributed by atoms with Gasteiger partial charge in [-0.3, -0.25) is 14.6 Å². The topological polar surface area (TPSA) is 45.2 Å². The molecule has 1 saturated heterocycles. The summed E-state index contributed by atoms with van der Waals surface area (Å²) < 4.78 is 10.7. The lowest BCUT2D eigenvalue weighted by molar-refractivity contribution is -0.134. The Hall–Kier alpha value is -2.09. The molecule has 2 heterocycles. The van der Waals surface area contributed by atoms with Gasteiger partial charge >= 0.3 is 0 Å². The number of piperazine rings is 1. The van der Waals surface area contributed by atoms with Gasteiger partial charge in [0, 0.05) is 55.8 Å². The molecule has 1 aliphatic heterocycles. The summed E-state index contributed by atoms with van der Waals surface area (Å²) in [6, 6.07) is 10.0. The van der Waals surface area contributed by atoms with Crippen LogP contribution in [0.3, 0.4) is 0 Å². The number of likely N-dealkylation sites (N-methyl/N-ethyl adjacent to an activating group) is 1. The third-order valence-corrected chi connectivity index (χ3v) is 5.89. The van der Waals surface area contributed by atoms with Gasteiger partial charge in [-0.05, 0) is 24.6 Å². The minimum atomic E-state index is 0.186. The maximum absolute atomic E-state index is 12.7. The van der Waals surface area contributed by atoms with Gasteiger partial charge in [-0.25, -0.2) is 0 Å². The van der Waals surface area contributed by atoms with Gasteiger partial charge in [0.1, 0.15) is 11.5 Å². The van der Waals surface area contributed by atoms with Crippen molar-refractivity contribution in [2.45, 2.75) is 13.1 Å². The zero-order valence-electron chi connectivity index (χ0n) is 16.9. The predicted octanol–water partition coefficient (Wildman–Crippen LogP) is 2.54. The van der Waals surface area contributed by atoms with Crippen molar-refractivity contribution in [1.82, 2.24) is 14.7 Å². The number of hydrogen-bond donors (Lipinski definition) is 0. The van der Waals surface area contributed by atoms with Crippen LogP contribution in [0.15, 0.2) is 35.7 Å². The normalized spacial score (nSPS) is 15.1. The zero-order valence-corrected chi connectivity index (χ0v) is 17.7. The second-order valence-electron chi connectivity index (χ2n) is 7.09. The summed E-state index contributed by atoms with van der Waals surface area (Å²) in [6.45, 7) is 5.49. The Morgan fingerprint density at radius 2 is 1.93 bits per heavy atom. The van der Waals surface area contributed by atoms with E-state index in [0.29, 0.717) is 13.1 Å². The van der Waals surface area contributed by atoms with Crippen molar-refractivity contribution in [1.29, 1.82) is 0 Å². The number of carbonyl (C=O) groups excluding carboxylic acids is 1. The molecule has 2 aromatic rings. The Kier molecular flexibility index (Phi) is 7.30. The van der Waals surface area contributed by atoms with E-state index in [1.165, 1.54) is 4.88 Å². The molecule has 1 aliphatic rings. The molecule has 0 radical (unpaired) electrons. The molecule has 3 rings (SSSR count). The highest BCUT2D eigenvalue weighted by atomic mass is 32.1. The standard InChI is InChI=1S/C21H29N3O3S/c1-22(14-17-6-7-18(26-2)13-20(17)27-3)16-21(25)24-10-8-23(9-11-24)15-19-5-4-12-28-19/h4-7,12-13H,8-11,14-16H2,1-3H3. The fourth-order valence-corrected chi connectivity index (χ4v) is 4.18. The van der Waals surface area contributed by atoms with Gasteiger partial charge < -0.3 is 14.4 Å². The summed E-state index contributed by atoms with van der Waals surface area (Å²) in [6.07, 6.45) is 0. The van der Waals surface area contributed by atoms with Crippen LogP contribution < -0.4 is 9.47 Å². The highest BCUT2D eigenvalue weighted by molar-refractivity contribution is 7.09. The van der Waals surface area contributed by atoms with Crippen LogP contribution in [0.25, 0.3) is 0 Å². The maximum atomic E-state index is 12.7. The maximum Gasteiger partial charge on any atom is 0.236 e. The zero-order chi connectivity index (χ0) is 19.9. The van der Waals surface area contributed by atoms with E-state index in [2.05, 4.69) is 22.4 Å². The third-order valence-electron chi connectivity index (χ3n) is 5.02. The van der Waals surface area contributed by atoms with Crippen molar-refractivity contribution in [3.63, 3.8) is 0 Å². The number of carbonyl (C=O) groups is 1. The van der Waals surface area contributed by atoms with Crippen LogP contribution in [0, 0.1) is 0 Å². The average molecular weight is 404 g/mol. The predicted molar refractivity (Wildman–Crippen MR) is 112 cm³/mol. The molecule has 0 unspecified atom stereocenters. The first-order valence-corrected chi connectivity index (χ1v) is 10.4. The van der Waals surface area contributed by atoms with Gasteiger partial charge in [0.2, 0.25) is 5.91 Å². The summed E-state index contributed by atoms with van der Waals surface area (Å²) >= 11 is 1.79. The lowest BCUT2D eigenvalue weighted by Gasteiger charge is -2.35. The molecule has 6 nitrogen and oxygen atoms in total. The molecular weight excluding hydrogens is 374 g/mol. The van der Waals surface area contributed by atoms with Crippen LogP contribution in [0.4, 0.5) is 0 Å². The largest absolute Gasteiger partial charge is 0.497 e. The van der Waals surface area contributed by atoms with Crippen LogP contribution in [-0.4, -0.2) is 74.6 Å². The number of rotatable bonds is 8. The Bertz CT molecular complexity index is 758. The number of hydrogen-bond acceptors (Lipinski definition) is 6. The fourth-order valence-electron chi connectivity index (χ4n) is 3.44. The Morgan fingerprint density at radius 3 is 2.57 bits per heavy atom. The minimum Gasteiger partial charge on any atom is -0.497 e. The number of ether oxygens (including phenoxy) is 2. The molecule has 7 heteroatoms. The molecule has 0 atom stereocenters. The summed E-state index contributed by atoms with van der Waals surface area (Å²) in [4.78, 5) is 20.5. The van der Waals surface area contributed by atoms with E-state index in [-0.39, 0.29) is 5.91 Å². The van der Waals surface area contributed by atoms with Crippen LogP contribution in [0.1, 0.15) is 10.4 Å². The Balaban J connectivity index is 1.47. The quantitative estimate of drug-likeness (QED) is 0.678. The summed E-state index contributed by atoms with van der Waals surface area (Å²) in [5, 5.41) is 2.11. The van der Waals surface area contributed by atoms with Gasteiger partial charge in [-0.15, -0.1) is 11.3 Å². The lowest BCUT2D eigenvalue weighted by Crippen LogP contribution is -2.50. The van der Waals surface area contributed by atoms with E-state index in [0.717, 1.165) is 49.8 Å². The minimum absolute atomic E-state index is 0.186. The van der Waals surface area contributed by atoms with Crippen LogP contribution >= 0.6 is 11.3 Å². The van der Waals surface area contributed by atoms with E-state index in [1.54, 1.807) is 25.6 Å². The van der Waals surface area contributed by atoms with Gasteiger partial charge in [0.25, 0.3) is 0 Å². The van der Waals surface area contributed by atoms with Gasteiger partial charge in [0.05, 0.1) is 20.8 Å². The van der Waals surface area contributed by atoms with Crippen LogP contribution in [0.5, 0.6) is 11.5 Å². The highest BCUT2D eigenvalue weighted by Crippen LogP contribution is 2.25. The molecule has 1 fully saturated rings. The molecule has 152 valence electrons. The molecule has 0 bridgehead atoms. The van der Waals surface area contributed by atoms with Gasteiger partial charge in [-0.1, -0.05) is 12.1 Å². The van der Waals surface area contributed by atoms with E-state index in [4.69, 9.17) is 9.47 Å². The SMILES string of the molecule is COc1ccc(CN(C)CC(=O)N2CCN(Cc3cccs3)CC2)c(OC)c1.